The predicted octanol–water partition coefficient (Wildman–Crippen LogP) is 2.47. The molecule has 2 aliphatic rings. The summed E-state index contributed by atoms with van der Waals surface area (Å²) in [5, 5.41) is 2.07. The van der Waals surface area contributed by atoms with Gasteiger partial charge in [-0.25, -0.2) is 0 Å². The first-order chi connectivity index (χ1) is 9.20. The second kappa shape index (κ2) is 5.25. The summed E-state index contributed by atoms with van der Waals surface area (Å²) in [6.07, 6.45) is 3.60. The molecule has 0 spiro atoms. The molecule has 2 aliphatic carbocycles. The smallest absolute Gasteiger partial charge is 0.227 e. The molecule has 104 valence electrons. The standard InChI is InChI=1S/C15H22N2OS/c1-2-17(9-12-4-3-7-19-12)15(18)13-10-5-6-11(8-10)14(13)16/h3-4,7,10-11,13-14H,2,5-6,8-9,16H2,1H3. The van der Waals surface area contributed by atoms with Gasteiger partial charge < -0.3 is 10.6 Å². The lowest BCUT2D eigenvalue weighted by Crippen LogP contribution is -2.46. The number of fused-ring (bicyclic) bond motifs is 2. The van der Waals surface area contributed by atoms with E-state index in [0.29, 0.717) is 11.8 Å². The summed E-state index contributed by atoms with van der Waals surface area (Å²) in [5.74, 6) is 1.51. The highest BCUT2D eigenvalue weighted by atomic mass is 32.1. The maximum atomic E-state index is 12.8. The minimum atomic E-state index is 0.0821. The van der Waals surface area contributed by atoms with Gasteiger partial charge in [-0.2, -0.15) is 0 Å². The quantitative estimate of drug-likeness (QED) is 0.919. The van der Waals surface area contributed by atoms with Crippen molar-refractivity contribution in [1.29, 1.82) is 0 Å². The molecule has 3 rings (SSSR count). The van der Waals surface area contributed by atoms with E-state index in [4.69, 9.17) is 5.73 Å². The second-order valence-electron chi connectivity index (χ2n) is 5.87. The number of thiophene rings is 1. The Labute approximate surface area is 118 Å². The van der Waals surface area contributed by atoms with E-state index in [1.807, 2.05) is 11.0 Å². The van der Waals surface area contributed by atoms with Gasteiger partial charge in [-0.15, -0.1) is 11.3 Å². The molecule has 1 aromatic heterocycles. The lowest BCUT2D eigenvalue weighted by molar-refractivity contribution is -0.138. The van der Waals surface area contributed by atoms with Crippen LogP contribution in [0.15, 0.2) is 17.5 Å². The van der Waals surface area contributed by atoms with Gasteiger partial charge in [0.2, 0.25) is 5.91 Å². The molecule has 3 nitrogen and oxygen atoms in total. The van der Waals surface area contributed by atoms with Crippen LogP contribution in [-0.2, 0) is 11.3 Å². The van der Waals surface area contributed by atoms with E-state index in [-0.39, 0.29) is 17.9 Å². The van der Waals surface area contributed by atoms with E-state index >= 15 is 0 Å². The number of nitrogens with two attached hydrogens (primary N) is 1. The van der Waals surface area contributed by atoms with Gasteiger partial charge in [-0.05, 0) is 49.5 Å². The molecule has 1 heterocycles. The molecule has 2 saturated carbocycles. The van der Waals surface area contributed by atoms with E-state index in [9.17, 15) is 4.79 Å². The van der Waals surface area contributed by atoms with Crippen molar-refractivity contribution in [2.45, 2.75) is 38.8 Å². The third-order valence-electron chi connectivity index (χ3n) is 4.89. The van der Waals surface area contributed by atoms with Crippen LogP contribution in [0.2, 0.25) is 0 Å². The average molecular weight is 278 g/mol. The normalized spacial score (nSPS) is 32.7. The van der Waals surface area contributed by atoms with Crippen LogP contribution in [0.3, 0.4) is 0 Å². The van der Waals surface area contributed by atoms with Crippen LogP contribution in [0.5, 0.6) is 0 Å². The van der Waals surface area contributed by atoms with Gasteiger partial charge in [0.15, 0.2) is 0 Å². The third kappa shape index (κ3) is 2.32. The fourth-order valence-corrected chi connectivity index (χ4v) is 4.57. The average Bonchev–Trinajstić information content (AvgIpc) is 3.12. The maximum absolute atomic E-state index is 12.8. The van der Waals surface area contributed by atoms with Crippen LogP contribution in [0, 0.1) is 17.8 Å². The van der Waals surface area contributed by atoms with Gasteiger partial charge in [0, 0.05) is 17.5 Å². The highest BCUT2D eigenvalue weighted by Gasteiger charge is 2.49. The lowest BCUT2D eigenvalue weighted by atomic mass is 9.84. The summed E-state index contributed by atoms with van der Waals surface area (Å²) in [6.45, 7) is 3.58. The van der Waals surface area contributed by atoms with Gasteiger partial charge in [0.1, 0.15) is 0 Å². The van der Waals surface area contributed by atoms with E-state index in [0.717, 1.165) is 13.1 Å². The monoisotopic (exact) mass is 278 g/mol. The Bertz CT molecular complexity index is 443. The van der Waals surface area contributed by atoms with Gasteiger partial charge in [-0.1, -0.05) is 6.07 Å². The van der Waals surface area contributed by atoms with E-state index in [2.05, 4.69) is 18.4 Å². The van der Waals surface area contributed by atoms with E-state index in [1.165, 1.54) is 24.1 Å². The molecule has 19 heavy (non-hydrogen) atoms. The molecule has 4 heteroatoms. The summed E-state index contributed by atoms with van der Waals surface area (Å²) < 4.78 is 0. The zero-order valence-corrected chi connectivity index (χ0v) is 12.2. The van der Waals surface area contributed by atoms with Gasteiger partial charge in [-0.3, -0.25) is 4.79 Å². The SMILES string of the molecule is CCN(Cc1cccs1)C(=O)C1C2CCC(C2)C1N. The van der Waals surface area contributed by atoms with Crippen LogP contribution >= 0.6 is 11.3 Å². The van der Waals surface area contributed by atoms with Crippen molar-refractivity contribution in [1.82, 2.24) is 4.90 Å². The molecule has 1 amide bonds. The first-order valence-corrected chi connectivity index (χ1v) is 8.15. The zero-order valence-electron chi connectivity index (χ0n) is 11.4. The van der Waals surface area contributed by atoms with Gasteiger partial charge in [0.25, 0.3) is 0 Å². The minimum absolute atomic E-state index is 0.0821. The number of hydrogen-bond acceptors (Lipinski definition) is 3. The van der Waals surface area contributed by atoms with Crippen LogP contribution in [0.4, 0.5) is 0 Å². The number of carbonyl (C=O) groups is 1. The molecular weight excluding hydrogens is 256 g/mol. The second-order valence-corrected chi connectivity index (χ2v) is 6.90. The molecule has 2 N–H and O–H groups in total. The van der Waals surface area contributed by atoms with Gasteiger partial charge in [0.05, 0.1) is 12.5 Å². The highest BCUT2D eigenvalue weighted by Crippen LogP contribution is 2.48. The first-order valence-electron chi connectivity index (χ1n) is 7.27. The largest absolute Gasteiger partial charge is 0.338 e. The topological polar surface area (TPSA) is 46.3 Å². The molecule has 0 aromatic carbocycles. The number of hydrogen-bond donors (Lipinski definition) is 1. The van der Waals surface area contributed by atoms with Crippen molar-refractivity contribution in [3.63, 3.8) is 0 Å². The summed E-state index contributed by atoms with van der Waals surface area (Å²) in [4.78, 5) is 16.0. The van der Waals surface area contributed by atoms with Crippen LogP contribution in [-0.4, -0.2) is 23.4 Å². The van der Waals surface area contributed by atoms with Crippen LogP contribution in [0.25, 0.3) is 0 Å². The molecule has 2 bridgehead atoms. The number of carbonyl (C=O) groups excluding carboxylic acids is 1. The van der Waals surface area contributed by atoms with Crippen molar-refractivity contribution >= 4 is 17.2 Å². The number of nitrogens with zero attached hydrogens (tertiary/aromatic N) is 1. The number of amides is 1. The van der Waals surface area contributed by atoms with Crippen molar-refractivity contribution in [3.8, 4) is 0 Å². The zero-order chi connectivity index (χ0) is 13.4. The first kappa shape index (κ1) is 13.1. The molecule has 0 saturated heterocycles. The Balaban J connectivity index is 1.71. The molecule has 0 radical (unpaired) electrons. The molecular formula is C15H22N2OS. The van der Waals surface area contributed by atoms with Crippen LogP contribution in [0.1, 0.15) is 31.1 Å². The molecule has 1 aromatic rings. The molecule has 4 unspecified atom stereocenters. The molecule has 0 aliphatic heterocycles. The van der Waals surface area contributed by atoms with Crippen molar-refractivity contribution in [2.75, 3.05) is 6.54 Å². The summed E-state index contributed by atoms with van der Waals surface area (Å²) in [7, 11) is 0. The van der Waals surface area contributed by atoms with Crippen molar-refractivity contribution < 1.29 is 4.79 Å². The Morgan fingerprint density at radius 2 is 2.26 bits per heavy atom. The summed E-state index contributed by atoms with van der Waals surface area (Å²) in [6, 6.07) is 4.24. The summed E-state index contributed by atoms with van der Waals surface area (Å²) >= 11 is 1.72. The fraction of sp³-hybridized carbons (Fsp3) is 0.667. The Hall–Kier alpha value is -0.870. The Kier molecular flexibility index (Phi) is 3.63. The third-order valence-corrected chi connectivity index (χ3v) is 5.75. The van der Waals surface area contributed by atoms with Crippen LogP contribution < -0.4 is 5.73 Å². The fourth-order valence-electron chi connectivity index (χ4n) is 3.85. The minimum Gasteiger partial charge on any atom is -0.338 e. The Morgan fingerprint density at radius 1 is 1.47 bits per heavy atom. The van der Waals surface area contributed by atoms with Gasteiger partial charge >= 0.3 is 0 Å². The highest BCUT2D eigenvalue weighted by molar-refractivity contribution is 7.09. The maximum Gasteiger partial charge on any atom is 0.227 e. The van der Waals surface area contributed by atoms with E-state index < -0.39 is 0 Å². The predicted molar refractivity (Wildman–Crippen MR) is 77.7 cm³/mol. The Morgan fingerprint density at radius 3 is 2.84 bits per heavy atom. The molecule has 4 atom stereocenters. The van der Waals surface area contributed by atoms with E-state index in [1.54, 1.807) is 11.3 Å². The van der Waals surface area contributed by atoms with Crippen molar-refractivity contribution in [3.05, 3.63) is 22.4 Å². The lowest BCUT2D eigenvalue weighted by Gasteiger charge is -2.32. The molecule has 2 fully saturated rings. The summed E-state index contributed by atoms with van der Waals surface area (Å²) in [5.41, 5.74) is 6.29. The number of rotatable bonds is 4. The van der Waals surface area contributed by atoms with Crippen molar-refractivity contribution in [2.24, 2.45) is 23.5 Å².